The molecule has 26 heavy (non-hydrogen) atoms. The number of hydrogen-bond acceptors (Lipinski definition) is 5. The number of aryl methyl sites for hydroxylation is 2. The van der Waals surface area contributed by atoms with E-state index in [1.54, 1.807) is 36.6 Å². The van der Waals surface area contributed by atoms with E-state index in [9.17, 15) is 9.59 Å². The predicted octanol–water partition coefficient (Wildman–Crippen LogP) is 2.70. The van der Waals surface area contributed by atoms with E-state index in [0.29, 0.717) is 23.7 Å². The third-order valence-corrected chi connectivity index (χ3v) is 5.75. The van der Waals surface area contributed by atoms with Gasteiger partial charge in [0.25, 0.3) is 5.91 Å². The molecule has 0 atom stereocenters. The largest absolute Gasteiger partial charge is 0.482 e. The number of likely N-dealkylation sites (N-methyl/N-ethyl adjacent to an activating group) is 1. The topological polar surface area (TPSA) is 83.6 Å². The van der Waals surface area contributed by atoms with Gasteiger partial charge in [-0.3, -0.25) is 4.79 Å². The zero-order valence-electron chi connectivity index (χ0n) is 14.5. The molecule has 2 aromatic rings. The maximum atomic E-state index is 12.2. The van der Waals surface area contributed by atoms with Crippen LogP contribution in [0.15, 0.2) is 18.2 Å². The van der Waals surface area contributed by atoms with Crippen molar-refractivity contribution < 1.29 is 14.3 Å². The number of nitrogens with one attached hydrogen (secondary N) is 2. The zero-order valence-corrected chi connectivity index (χ0v) is 15.3. The van der Waals surface area contributed by atoms with E-state index < -0.39 is 0 Å². The fourth-order valence-electron chi connectivity index (χ4n) is 3.16. The maximum Gasteiger partial charge on any atom is 0.319 e. The van der Waals surface area contributed by atoms with Crippen LogP contribution >= 0.6 is 11.3 Å². The summed E-state index contributed by atoms with van der Waals surface area (Å²) in [6.45, 7) is 0.449. The first-order valence-corrected chi connectivity index (χ1v) is 9.47. The van der Waals surface area contributed by atoms with Crippen molar-refractivity contribution in [1.29, 1.82) is 0 Å². The molecule has 2 heterocycles. The Hall–Kier alpha value is -2.61. The number of hydrogen-bond donors (Lipinski definition) is 2. The average molecular weight is 372 g/mol. The molecule has 136 valence electrons. The van der Waals surface area contributed by atoms with Crippen LogP contribution in [0.5, 0.6) is 5.75 Å². The molecule has 8 heteroatoms. The lowest BCUT2D eigenvalue weighted by Crippen LogP contribution is -2.35. The third kappa shape index (κ3) is 3.37. The van der Waals surface area contributed by atoms with Crippen molar-refractivity contribution in [3.05, 3.63) is 33.8 Å². The molecule has 0 saturated heterocycles. The summed E-state index contributed by atoms with van der Waals surface area (Å²) < 4.78 is 5.38. The normalized spacial score (nSPS) is 15.7. The van der Waals surface area contributed by atoms with Gasteiger partial charge in [-0.05, 0) is 43.9 Å². The molecule has 0 radical (unpaired) electrons. The van der Waals surface area contributed by atoms with Crippen LogP contribution in [0.2, 0.25) is 0 Å². The number of amides is 3. The predicted molar refractivity (Wildman–Crippen MR) is 100.0 cm³/mol. The van der Waals surface area contributed by atoms with Crippen molar-refractivity contribution in [2.45, 2.75) is 32.2 Å². The van der Waals surface area contributed by atoms with E-state index in [1.807, 2.05) is 0 Å². The molecule has 0 fully saturated rings. The van der Waals surface area contributed by atoms with Gasteiger partial charge in [0, 0.05) is 17.6 Å². The number of carbonyl (C=O) groups is 2. The zero-order chi connectivity index (χ0) is 18.1. The van der Waals surface area contributed by atoms with Crippen LogP contribution in [0, 0.1) is 0 Å². The van der Waals surface area contributed by atoms with Crippen molar-refractivity contribution in [2.75, 3.05) is 23.9 Å². The Morgan fingerprint density at radius 1 is 1.35 bits per heavy atom. The van der Waals surface area contributed by atoms with Crippen molar-refractivity contribution in [2.24, 2.45) is 0 Å². The van der Waals surface area contributed by atoms with Crippen LogP contribution in [0.4, 0.5) is 16.2 Å². The van der Waals surface area contributed by atoms with E-state index in [-0.39, 0.29) is 18.5 Å². The number of anilines is 2. The minimum absolute atomic E-state index is 0.0363. The fourth-order valence-corrected chi connectivity index (χ4v) is 4.26. The lowest BCUT2D eigenvalue weighted by Gasteiger charge is -2.26. The number of rotatable bonds is 3. The third-order valence-electron chi connectivity index (χ3n) is 4.59. The SMILES string of the molecule is CN1C(=O)COc2ccc(NC(=O)NCc3nc4c(s3)CCCC4)cc21. The summed E-state index contributed by atoms with van der Waals surface area (Å²) in [4.78, 5) is 31.4. The Morgan fingerprint density at radius 3 is 3.04 bits per heavy atom. The maximum absolute atomic E-state index is 12.2. The number of benzene rings is 1. The van der Waals surface area contributed by atoms with Crippen molar-refractivity contribution >= 4 is 34.6 Å². The van der Waals surface area contributed by atoms with Gasteiger partial charge in [0.15, 0.2) is 6.61 Å². The molecule has 2 aliphatic rings. The summed E-state index contributed by atoms with van der Waals surface area (Å²) in [5, 5.41) is 6.58. The van der Waals surface area contributed by atoms with Gasteiger partial charge >= 0.3 is 6.03 Å². The number of thiazole rings is 1. The first-order chi connectivity index (χ1) is 12.6. The van der Waals surface area contributed by atoms with Gasteiger partial charge in [-0.25, -0.2) is 9.78 Å². The van der Waals surface area contributed by atoms with Crippen molar-refractivity contribution in [3.63, 3.8) is 0 Å². The van der Waals surface area contributed by atoms with E-state index in [1.165, 1.54) is 28.3 Å². The number of fused-ring (bicyclic) bond motifs is 2. The van der Waals surface area contributed by atoms with Gasteiger partial charge in [-0.15, -0.1) is 11.3 Å². The Kier molecular flexibility index (Phi) is 4.50. The van der Waals surface area contributed by atoms with Crippen LogP contribution < -0.4 is 20.3 Å². The monoisotopic (exact) mass is 372 g/mol. The van der Waals surface area contributed by atoms with Crippen LogP contribution in [-0.4, -0.2) is 30.6 Å². The first kappa shape index (κ1) is 16.8. The lowest BCUT2D eigenvalue weighted by atomic mass is 10.0. The average Bonchev–Trinajstić information content (AvgIpc) is 3.06. The second-order valence-corrected chi connectivity index (χ2v) is 7.58. The Labute approximate surface area is 155 Å². The highest BCUT2D eigenvalue weighted by molar-refractivity contribution is 7.11. The molecule has 0 unspecified atom stereocenters. The molecule has 4 rings (SSSR count). The summed E-state index contributed by atoms with van der Waals surface area (Å²) in [5.41, 5.74) is 2.44. The van der Waals surface area contributed by atoms with Crippen LogP contribution in [0.3, 0.4) is 0 Å². The Balaban J connectivity index is 1.38. The summed E-state index contributed by atoms with van der Waals surface area (Å²) in [6, 6.07) is 4.94. The lowest BCUT2D eigenvalue weighted by molar-refractivity contribution is -0.120. The van der Waals surface area contributed by atoms with Crippen LogP contribution in [0.25, 0.3) is 0 Å². The smallest absolute Gasteiger partial charge is 0.319 e. The van der Waals surface area contributed by atoms with Crippen LogP contribution in [-0.2, 0) is 24.2 Å². The van der Waals surface area contributed by atoms with Gasteiger partial charge in [0.05, 0.1) is 17.9 Å². The number of aromatic nitrogens is 1. The van der Waals surface area contributed by atoms with E-state index in [4.69, 9.17) is 4.74 Å². The van der Waals surface area contributed by atoms with Gasteiger partial charge in [0.2, 0.25) is 0 Å². The molecular weight excluding hydrogens is 352 g/mol. The van der Waals surface area contributed by atoms with Gasteiger partial charge in [-0.2, -0.15) is 0 Å². The van der Waals surface area contributed by atoms with Crippen LogP contribution in [0.1, 0.15) is 28.4 Å². The van der Waals surface area contributed by atoms with Gasteiger partial charge < -0.3 is 20.3 Å². The molecule has 1 aromatic carbocycles. The number of carbonyl (C=O) groups excluding carboxylic acids is 2. The fraction of sp³-hybridized carbons (Fsp3) is 0.389. The highest BCUT2D eigenvalue weighted by atomic mass is 32.1. The molecule has 7 nitrogen and oxygen atoms in total. The van der Waals surface area contributed by atoms with E-state index >= 15 is 0 Å². The minimum Gasteiger partial charge on any atom is -0.482 e. The molecule has 0 bridgehead atoms. The van der Waals surface area contributed by atoms with Crippen molar-refractivity contribution in [1.82, 2.24) is 10.3 Å². The minimum atomic E-state index is -0.302. The number of urea groups is 1. The molecule has 0 saturated carbocycles. The summed E-state index contributed by atoms with van der Waals surface area (Å²) in [6.07, 6.45) is 4.56. The first-order valence-electron chi connectivity index (χ1n) is 8.66. The van der Waals surface area contributed by atoms with E-state index in [2.05, 4.69) is 15.6 Å². The standard InChI is InChI=1S/C18H20N4O3S/c1-22-13-8-11(6-7-14(13)25-10-17(22)23)20-18(24)19-9-16-21-12-4-2-3-5-15(12)26-16/h6-8H,2-5,9-10H2,1H3,(H2,19,20,24). The highest BCUT2D eigenvalue weighted by Gasteiger charge is 2.22. The number of ether oxygens (including phenoxy) is 1. The second-order valence-electron chi connectivity index (χ2n) is 6.42. The van der Waals surface area contributed by atoms with Gasteiger partial charge in [-0.1, -0.05) is 0 Å². The molecule has 1 aliphatic carbocycles. The second kappa shape index (κ2) is 6.95. The van der Waals surface area contributed by atoms with Crippen molar-refractivity contribution in [3.8, 4) is 5.75 Å². The molecule has 1 aromatic heterocycles. The van der Waals surface area contributed by atoms with E-state index in [0.717, 1.165) is 17.8 Å². The Morgan fingerprint density at radius 2 is 2.19 bits per heavy atom. The highest BCUT2D eigenvalue weighted by Crippen LogP contribution is 2.33. The summed E-state index contributed by atoms with van der Waals surface area (Å²) in [7, 11) is 1.69. The molecule has 2 N–H and O–H groups in total. The molecule has 3 amide bonds. The molecule has 0 spiro atoms. The Bertz CT molecular complexity index is 841. The molecule has 1 aliphatic heterocycles. The molecular formula is C18H20N4O3S. The summed E-state index contributed by atoms with van der Waals surface area (Å²) in [5.74, 6) is 0.512. The summed E-state index contributed by atoms with van der Waals surface area (Å²) >= 11 is 1.69. The van der Waals surface area contributed by atoms with Gasteiger partial charge in [0.1, 0.15) is 10.8 Å². The number of nitrogens with zero attached hydrogens (tertiary/aromatic N) is 2. The quantitative estimate of drug-likeness (QED) is 0.868.